The molecule has 1 saturated carbocycles. The fourth-order valence-corrected chi connectivity index (χ4v) is 9.73. The zero-order valence-corrected chi connectivity index (χ0v) is 35.3. The van der Waals surface area contributed by atoms with Gasteiger partial charge in [0.15, 0.2) is 0 Å². The lowest BCUT2D eigenvalue weighted by Crippen LogP contribution is -2.54. The summed E-state index contributed by atoms with van der Waals surface area (Å²) >= 11 is 6.27. The number of nitrogens with zero attached hydrogens (tertiary/aromatic N) is 8. The van der Waals surface area contributed by atoms with Gasteiger partial charge in [0.1, 0.15) is 30.1 Å². The van der Waals surface area contributed by atoms with Gasteiger partial charge >= 0.3 is 0 Å². The number of nitrogens with one attached hydrogen (secondary N) is 3. The van der Waals surface area contributed by atoms with Gasteiger partial charge in [0.25, 0.3) is 17.7 Å². The van der Waals surface area contributed by atoms with Crippen molar-refractivity contribution in [2.45, 2.75) is 76.5 Å². The van der Waals surface area contributed by atoms with Crippen LogP contribution in [-0.4, -0.2) is 105 Å². The van der Waals surface area contributed by atoms with Crippen LogP contribution in [0.4, 0.5) is 27.4 Å². The van der Waals surface area contributed by atoms with Crippen LogP contribution in [0.2, 0.25) is 5.02 Å². The van der Waals surface area contributed by atoms with E-state index in [4.69, 9.17) is 11.6 Å². The van der Waals surface area contributed by atoms with Crippen LogP contribution in [0.15, 0.2) is 54.9 Å². The Morgan fingerprint density at radius 3 is 2.44 bits per heavy atom. The number of piperidine rings is 1. The summed E-state index contributed by atoms with van der Waals surface area (Å²) in [4.78, 5) is 84.7. The smallest absolute Gasteiger partial charge is 0.262 e. The van der Waals surface area contributed by atoms with E-state index in [1.165, 1.54) is 12.4 Å². The van der Waals surface area contributed by atoms with E-state index in [1.807, 2.05) is 12.1 Å². The van der Waals surface area contributed by atoms with Crippen LogP contribution < -0.4 is 25.8 Å². The van der Waals surface area contributed by atoms with E-state index in [9.17, 15) is 29.2 Å². The van der Waals surface area contributed by atoms with Gasteiger partial charge in [-0.2, -0.15) is 9.65 Å². The highest BCUT2D eigenvalue weighted by molar-refractivity contribution is 6.32. The molecule has 2 atom stereocenters. The lowest BCUT2D eigenvalue weighted by atomic mass is 9.85. The highest BCUT2D eigenvalue weighted by atomic mass is 35.5. The number of halogens is 2. The molecule has 2 aromatic heterocycles. The Morgan fingerprint density at radius 1 is 0.921 bits per heavy atom. The van der Waals surface area contributed by atoms with Gasteiger partial charge in [-0.15, -0.1) is 0 Å². The fraction of sp³-hybridized carbons (Fsp3) is 0.400. The molecule has 2 saturated heterocycles. The Kier molecular flexibility index (Phi) is 11.5. The SMILES string of the molecule is CC1CN(c2ccc3c(c2)C(=O)N(C2CCC(=O)NC2=O)C3=O)CCN1CC1CCC(NC(=O)c2ccc(Nc3ncnc4c3CCN(c3ccc(C#N)c(Cl)c3)C4)nc2F)CC1. The molecule has 0 spiro atoms. The van der Waals surface area contributed by atoms with Gasteiger partial charge in [-0.3, -0.25) is 39.1 Å². The highest BCUT2D eigenvalue weighted by Crippen LogP contribution is 2.34. The molecular formula is C45H45ClFN11O5. The fourth-order valence-electron chi connectivity index (χ4n) is 9.51. The number of piperazine rings is 1. The van der Waals surface area contributed by atoms with Crippen molar-refractivity contribution in [2.75, 3.05) is 47.8 Å². The molecule has 324 valence electrons. The molecule has 0 bridgehead atoms. The Bertz CT molecular complexity index is 2580. The van der Waals surface area contributed by atoms with Gasteiger partial charge in [-0.1, -0.05) is 11.6 Å². The van der Waals surface area contributed by atoms with Crippen LogP contribution in [0.3, 0.4) is 0 Å². The standard InChI is InChI=1S/C45H45ClFN11O5/c1-25-21-57(29-8-9-31-34(18-29)45(63)58(44(31)62)37-11-13-39(59)54-43(37)61)17-16-55(25)22-26-2-5-28(6-3-26)51-42(60)33-10-12-38(52-40(33)47)53-41-32-14-15-56(23-36(32)49-24-50-41)30-7-4-27(20-48)35(46)19-30/h4,7-10,12,18-19,24-26,28,37H,2-3,5-6,11,13-17,21-23H2,1H3,(H,51,60)(H,54,59,61)(H,49,50,52,53). The molecule has 3 N–H and O–H groups in total. The van der Waals surface area contributed by atoms with Crippen molar-refractivity contribution in [2.24, 2.45) is 5.92 Å². The monoisotopic (exact) mass is 873 g/mol. The minimum atomic E-state index is -1.00. The van der Waals surface area contributed by atoms with Crippen LogP contribution in [0.25, 0.3) is 0 Å². The predicted octanol–water partition coefficient (Wildman–Crippen LogP) is 4.74. The number of hydrogen-bond donors (Lipinski definition) is 3. The number of pyridine rings is 1. The third kappa shape index (κ3) is 8.40. The summed E-state index contributed by atoms with van der Waals surface area (Å²) in [6, 6.07) is 14.8. The van der Waals surface area contributed by atoms with Crippen molar-refractivity contribution in [1.82, 2.24) is 35.4 Å². The Hall–Kier alpha value is -6.51. The number of carbonyl (C=O) groups is 5. The van der Waals surface area contributed by atoms with Crippen LogP contribution in [0, 0.1) is 23.2 Å². The molecule has 5 aliphatic rings. The molecule has 63 heavy (non-hydrogen) atoms. The molecule has 4 aliphatic heterocycles. The van der Waals surface area contributed by atoms with Crippen LogP contribution in [0.1, 0.15) is 93.3 Å². The van der Waals surface area contributed by atoms with E-state index in [0.717, 1.165) is 79.4 Å². The number of rotatable bonds is 9. The number of anilines is 4. The summed E-state index contributed by atoms with van der Waals surface area (Å²) in [7, 11) is 0. The van der Waals surface area contributed by atoms with E-state index >= 15 is 4.39 Å². The second kappa shape index (κ2) is 17.3. The molecule has 1 aliphatic carbocycles. The van der Waals surface area contributed by atoms with Crippen LogP contribution in [0.5, 0.6) is 0 Å². The topological polar surface area (TPSA) is 197 Å². The van der Waals surface area contributed by atoms with E-state index in [2.05, 4.69) is 58.6 Å². The summed E-state index contributed by atoms with van der Waals surface area (Å²) < 4.78 is 15.4. The first-order valence-electron chi connectivity index (χ1n) is 21.3. The normalized spacial score (nSPS) is 22.6. The molecule has 5 amide bonds. The maximum atomic E-state index is 15.4. The van der Waals surface area contributed by atoms with Crippen molar-refractivity contribution >= 4 is 64.1 Å². The zero-order valence-electron chi connectivity index (χ0n) is 34.6. The van der Waals surface area contributed by atoms with Gasteiger partial charge in [0.05, 0.1) is 39.5 Å². The minimum absolute atomic E-state index is 0.0697. The largest absolute Gasteiger partial charge is 0.369 e. The summed E-state index contributed by atoms with van der Waals surface area (Å²) in [6.45, 7) is 6.53. The summed E-state index contributed by atoms with van der Waals surface area (Å²) in [6.07, 6.45) is 5.65. The van der Waals surface area contributed by atoms with E-state index < -0.39 is 41.5 Å². The molecule has 4 aromatic rings. The number of carbonyl (C=O) groups excluding carboxylic acids is 5. The molecule has 3 fully saturated rings. The lowest BCUT2D eigenvalue weighted by Gasteiger charge is -2.43. The number of aromatic nitrogens is 3. The average molecular weight is 874 g/mol. The molecule has 18 heteroatoms. The summed E-state index contributed by atoms with van der Waals surface area (Å²) in [5, 5.41) is 18.0. The molecular weight excluding hydrogens is 829 g/mol. The second-order valence-corrected chi connectivity index (χ2v) is 17.3. The second-order valence-electron chi connectivity index (χ2n) is 16.9. The number of amides is 5. The number of nitriles is 1. The maximum absolute atomic E-state index is 15.4. The number of hydrogen-bond acceptors (Lipinski definition) is 13. The van der Waals surface area contributed by atoms with Crippen LogP contribution in [-0.2, 0) is 22.6 Å². The Balaban J connectivity index is 0.741. The van der Waals surface area contributed by atoms with Crippen LogP contribution >= 0.6 is 11.6 Å². The van der Waals surface area contributed by atoms with Gasteiger partial charge in [-0.25, -0.2) is 15.0 Å². The summed E-state index contributed by atoms with van der Waals surface area (Å²) in [5.41, 5.74) is 4.24. The van der Waals surface area contributed by atoms with E-state index in [0.29, 0.717) is 41.8 Å². The third-order valence-corrected chi connectivity index (χ3v) is 13.3. The molecule has 6 heterocycles. The first kappa shape index (κ1) is 41.8. The average Bonchev–Trinajstić information content (AvgIpc) is 3.52. The number of fused-ring (bicyclic) bond motifs is 2. The minimum Gasteiger partial charge on any atom is -0.369 e. The summed E-state index contributed by atoms with van der Waals surface area (Å²) in [5.74, 6) is -2.26. The van der Waals surface area contributed by atoms with E-state index in [1.54, 1.807) is 30.3 Å². The predicted molar refractivity (Wildman–Crippen MR) is 230 cm³/mol. The van der Waals surface area contributed by atoms with Crippen molar-refractivity contribution in [3.05, 3.63) is 99.3 Å². The first-order valence-corrected chi connectivity index (χ1v) is 21.7. The van der Waals surface area contributed by atoms with Gasteiger partial charge in [0, 0.05) is 68.2 Å². The van der Waals surface area contributed by atoms with Gasteiger partial charge < -0.3 is 20.4 Å². The maximum Gasteiger partial charge on any atom is 0.262 e. The molecule has 2 aromatic carbocycles. The number of benzene rings is 2. The zero-order chi connectivity index (χ0) is 43.9. The Morgan fingerprint density at radius 2 is 1.70 bits per heavy atom. The van der Waals surface area contributed by atoms with Crippen molar-refractivity contribution in [3.8, 4) is 6.07 Å². The molecule has 16 nitrogen and oxygen atoms in total. The third-order valence-electron chi connectivity index (χ3n) is 13.0. The van der Waals surface area contributed by atoms with Crippen molar-refractivity contribution < 1.29 is 28.4 Å². The number of imide groups is 2. The van der Waals surface area contributed by atoms with E-state index in [-0.39, 0.29) is 47.4 Å². The lowest BCUT2D eigenvalue weighted by molar-refractivity contribution is -0.136. The van der Waals surface area contributed by atoms with Gasteiger partial charge in [0.2, 0.25) is 17.8 Å². The first-order chi connectivity index (χ1) is 30.4. The Labute approximate surface area is 367 Å². The molecule has 9 rings (SSSR count). The quantitative estimate of drug-likeness (QED) is 0.154. The van der Waals surface area contributed by atoms with Gasteiger partial charge in [-0.05, 0) is 99.9 Å². The van der Waals surface area contributed by atoms with Crippen molar-refractivity contribution in [3.63, 3.8) is 0 Å². The molecule has 2 unspecified atom stereocenters. The highest BCUT2D eigenvalue weighted by Gasteiger charge is 2.45. The van der Waals surface area contributed by atoms with Crippen molar-refractivity contribution in [1.29, 1.82) is 5.26 Å². The molecule has 0 radical (unpaired) electrons.